The van der Waals surface area contributed by atoms with Crippen LogP contribution in [0.4, 0.5) is 30.7 Å². The van der Waals surface area contributed by atoms with Gasteiger partial charge in [-0.3, -0.25) is 4.79 Å². The number of halogens is 7. The number of benzene rings is 1. The lowest BCUT2D eigenvalue weighted by atomic mass is 9.77. The van der Waals surface area contributed by atoms with E-state index >= 15 is 0 Å². The van der Waals surface area contributed by atoms with E-state index < -0.39 is 65.3 Å². The van der Waals surface area contributed by atoms with Crippen LogP contribution in [0, 0.1) is 29.2 Å². The molecule has 2 rings (SSSR count). The van der Waals surface area contributed by atoms with Gasteiger partial charge in [0.15, 0.2) is 23.3 Å². The van der Waals surface area contributed by atoms with Crippen LogP contribution in [-0.2, 0) is 4.79 Å². The second-order valence-electron chi connectivity index (χ2n) is 6.27. The van der Waals surface area contributed by atoms with Gasteiger partial charge in [0.1, 0.15) is 6.54 Å². The van der Waals surface area contributed by atoms with Crippen molar-refractivity contribution in [2.24, 2.45) is 5.92 Å². The molecule has 144 valence electrons. The van der Waals surface area contributed by atoms with E-state index in [0.29, 0.717) is 4.90 Å². The van der Waals surface area contributed by atoms with Gasteiger partial charge in [0.25, 0.3) is 0 Å². The van der Waals surface area contributed by atoms with Gasteiger partial charge in [-0.05, 0) is 19.8 Å². The number of nitrogens with zero attached hydrogens (tertiary/aromatic N) is 1. The molecule has 1 unspecified atom stereocenters. The molecule has 1 fully saturated rings. The molecule has 1 aliphatic rings. The second-order valence-corrected chi connectivity index (χ2v) is 6.27. The maximum Gasteiger partial charge on any atom is 0.406 e. The number of likely N-dealkylation sites (tertiary alicyclic amines) is 1. The van der Waals surface area contributed by atoms with E-state index in [-0.39, 0.29) is 18.9 Å². The molecule has 0 spiro atoms. The fourth-order valence-electron chi connectivity index (χ4n) is 3.35. The number of piperidine rings is 1. The molecular formula is C17H16F7NO. The number of carbonyl (C=O) groups is 1. The third kappa shape index (κ3) is 3.86. The second kappa shape index (κ2) is 7.28. The van der Waals surface area contributed by atoms with Crippen molar-refractivity contribution < 1.29 is 35.5 Å². The van der Waals surface area contributed by atoms with E-state index in [9.17, 15) is 35.5 Å². The van der Waals surface area contributed by atoms with Gasteiger partial charge >= 0.3 is 6.18 Å². The summed E-state index contributed by atoms with van der Waals surface area (Å²) in [6.45, 7) is 2.95. The third-order valence-electron chi connectivity index (χ3n) is 4.56. The van der Waals surface area contributed by atoms with Gasteiger partial charge in [-0.2, -0.15) is 13.2 Å². The molecule has 0 N–H and O–H groups in total. The molecule has 1 amide bonds. The fourth-order valence-corrected chi connectivity index (χ4v) is 3.35. The van der Waals surface area contributed by atoms with Gasteiger partial charge < -0.3 is 4.90 Å². The van der Waals surface area contributed by atoms with Crippen LogP contribution in [0.2, 0.25) is 0 Å². The Balaban J connectivity index is 2.54. The van der Waals surface area contributed by atoms with Crippen molar-refractivity contribution in [1.82, 2.24) is 4.90 Å². The van der Waals surface area contributed by atoms with Gasteiger partial charge in [0.2, 0.25) is 5.91 Å². The number of amides is 1. The first-order valence-corrected chi connectivity index (χ1v) is 7.79. The highest BCUT2D eigenvalue weighted by Gasteiger charge is 2.46. The highest BCUT2D eigenvalue weighted by molar-refractivity contribution is 5.80. The van der Waals surface area contributed by atoms with Crippen molar-refractivity contribution in [2.75, 3.05) is 6.54 Å². The average Bonchev–Trinajstić information content (AvgIpc) is 2.53. The Bertz CT molecular complexity index is 690. The Labute approximate surface area is 145 Å². The SMILES string of the molecule is C=CCC1C[C@H](c2c(F)c(F)cc(F)c2F)[C@H](C)N(CC(F)(F)F)C1=O. The number of carbonyl (C=O) groups excluding carboxylic acids is 1. The van der Waals surface area contributed by atoms with Crippen molar-refractivity contribution >= 4 is 5.91 Å². The predicted octanol–water partition coefficient (Wildman–Crippen LogP) is 4.70. The molecule has 0 aromatic heterocycles. The zero-order valence-electron chi connectivity index (χ0n) is 13.7. The van der Waals surface area contributed by atoms with E-state index in [1.807, 2.05) is 0 Å². The van der Waals surface area contributed by atoms with Crippen LogP contribution in [0.15, 0.2) is 18.7 Å². The molecule has 1 heterocycles. The van der Waals surface area contributed by atoms with Gasteiger partial charge in [-0.1, -0.05) is 6.08 Å². The lowest BCUT2D eigenvalue weighted by Gasteiger charge is -2.43. The molecule has 0 radical (unpaired) electrons. The summed E-state index contributed by atoms with van der Waals surface area (Å²) < 4.78 is 93.9. The van der Waals surface area contributed by atoms with Crippen LogP contribution in [0.1, 0.15) is 31.2 Å². The van der Waals surface area contributed by atoms with E-state index in [4.69, 9.17) is 0 Å². The molecule has 2 nitrogen and oxygen atoms in total. The Morgan fingerprint density at radius 3 is 2.19 bits per heavy atom. The molecule has 3 atom stereocenters. The minimum absolute atomic E-state index is 0.0293. The van der Waals surface area contributed by atoms with Crippen LogP contribution in [-0.4, -0.2) is 29.6 Å². The summed E-state index contributed by atoms with van der Waals surface area (Å²) in [5.74, 6) is -9.84. The predicted molar refractivity (Wildman–Crippen MR) is 79.2 cm³/mol. The maximum absolute atomic E-state index is 14.1. The van der Waals surface area contributed by atoms with Gasteiger partial charge in [-0.25, -0.2) is 17.6 Å². The van der Waals surface area contributed by atoms with Crippen molar-refractivity contribution in [3.63, 3.8) is 0 Å². The highest BCUT2D eigenvalue weighted by atomic mass is 19.4. The summed E-state index contributed by atoms with van der Waals surface area (Å²) in [4.78, 5) is 12.8. The first-order valence-electron chi connectivity index (χ1n) is 7.79. The van der Waals surface area contributed by atoms with Gasteiger partial charge in [0.05, 0.1) is 0 Å². The molecule has 0 bridgehead atoms. The zero-order valence-corrected chi connectivity index (χ0v) is 13.7. The van der Waals surface area contributed by atoms with Crippen LogP contribution in [0.3, 0.4) is 0 Å². The van der Waals surface area contributed by atoms with Crippen molar-refractivity contribution in [1.29, 1.82) is 0 Å². The summed E-state index contributed by atoms with van der Waals surface area (Å²) in [6, 6.07) is -1.28. The Kier molecular flexibility index (Phi) is 5.67. The molecule has 9 heteroatoms. The van der Waals surface area contributed by atoms with Crippen molar-refractivity contribution in [3.8, 4) is 0 Å². The number of rotatable bonds is 4. The third-order valence-corrected chi connectivity index (χ3v) is 4.56. The first kappa shape index (κ1) is 20.3. The van der Waals surface area contributed by atoms with E-state index in [2.05, 4.69) is 6.58 Å². The monoisotopic (exact) mass is 383 g/mol. The Morgan fingerprint density at radius 1 is 1.19 bits per heavy atom. The average molecular weight is 383 g/mol. The standard InChI is InChI=1S/C17H16F7NO/c1-3-4-9-5-10(8(2)25(16(9)26)7-17(22,23)24)13-14(20)11(18)6-12(19)15(13)21/h3,6,8-10H,1,4-5,7H2,2H3/t8-,9?,10-/m0/s1. The summed E-state index contributed by atoms with van der Waals surface area (Å²) in [5.41, 5.74) is -0.983. The smallest absolute Gasteiger partial charge is 0.330 e. The fraction of sp³-hybridized carbons (Fsp3) is 0.471. The van der Waals surface area contributed by atoms with E-state index in [0.717, 1.165) is 0 Å². The lowest BCUT2D eigenvalue weighted by molar-refractivity contribution is -0.173. The van der Waals surface area contributed by atoms with Crippen molar-refractivity contribution in [2.45, 2.75) is 37.9 Å². The summed E-state index contributed by atoms with van der Waals surface area (Å²) in [5, 5.41) is 0. The van der Waals surface area contributed by atoms with Crippen LogP contribution in [0.5, 0.6) is 0 Å². The van der Waals surface area contributed by atoms with Crippen molar-refractivity contribution in [3.05, 3.63) is 47.6 Å². The minimum Gasteiger partial charge on any atom is -0.330 e. The van der Waals surface area contributed by atoms with E-state index in [1.165, 1.54) is 13.0 Å². The number of alkyl halides is 3. The van der Waals surface area contributed by atoms with Crippen LogP contribution < -0.4 is 0 Å². The van der Waals surface area contributed by atoms with E-state index in [1.54, 1.807) is 0 Å². The summed E-state index contributed by atoms with van der Waals surface area (Å²) in [7, 11) is 0. The molecule has 1 aliphatic heterocycles. The molecule has 0 saturated carbocycles. The zero-order chi connectivity index (χ0) is 19.8. The maximum atomic E-state index is 14.1. The normalized spacial score (nSPS) is 24.1. The topological polar surface area (TPSA) is 20.3 Å². The minimum atomic E-state index is -4.74. The molecular weight excluding hydrogens is 367 g/mol. The molecule has 1 saturated heterocycles. The lowest BCUT2D eigenvalue weighted by Crippen LogP contribution is -2.53. The molecule has 1 aromatic rings. The van der Waals surface area contributed by atoms with Gasteiger partial charge in [-0.15, -0.1) is 6.58 Å². The van der Waals surface area contributed by atoms with Crippen LogP contribution in [0.25, 0.3) is 0 Å². The number of allylic oxidation sites excluding steroid dienone is 1. The summed E-state index contributed by atoms with van der Waals surface area (Å²) in [6.07, 6.45) is -3.73. The number of hydrogen-bond acceptors (Lipinski definition) is 1. The summed E-state index contributed by atoms with van der Waals surface area (Å²) >= 11 is 0. The quantitative estimate of drug-likeness (QED) is 0.419. The largest absolute Gasteiger partial charge is 0.406 e. The molecule has 0 aliphatic carbocycles. The number of hydrogen-bond donors (Lipinski definition) is 0. The van der Waals surface area contributed by atoms with Crippen LogP contribution >= 0.6 is 0 Å². The highest BCUT2D eigenvalue weighted by Crippen LogP contribution is 2.41. The molecule has 1 aromatic carbocycles. The Hall–Kier alpha value is -2.06. The first-order chi connectivity index (χ1) is 12.0. The van der Waals surface area contributed by atoms with Gasteiger partial charge in [0, 0.05) is 29.5 Å². The Morgan fingerprint density at radius 2 is 1.73 bits per heavy atom. The molecule has 26 heavy (non-hydrogen) atoms.